The van der Waals surface area contributed by atoms with Crippen molar-refractivity contribution >= 4 is 17.4 Å². The Kier molecular flexibility index (Phi) is 12.8. The molecule has 1 aliphatic carbocycles. The molecular formula is C34H37F3N6O3. The van der Waals surface area contributed by atoms with Gasteiger partial charge in [-0.05, 0) is 79.4 Å². The van der Waals surface area contributed by atoms with Gasteiger partial charge in [-0.2, -0.15) is 9.78 Å². The zero-order valence-electron chi connectivity index (χ0n) is 26.3. The summed E-state index contributed by atoms with van der Waals surface area (Å²) in [5.41, 5.74) is -0.0285. The number of pyridine rings is 1. The van der Waals surface area contributed by atoms with E-state index in [4.69, 9.17) is 10.6 Å². The molecule has 0 bridgehead atoms. The van der Waals surface area contributed by atoms with Gasteiger partial charge in [0, 0.05) is 36.8 Å². The van der Waals surface area contributed by atoms with Crippen LogP contribution in [0.2, 0.25) is 0 Å². The minimum atomic E-state index is -0.788. The number of hydrazine groups is 1. The molecule has 3 N–H and O–H groups in total. The van der Waals surface area contributed by atoms with Gasteiger partial charge in [0.15, 0.2) is 11.6 Å². The van der Waals surface area contributed by atoms with Crippen LogP contribution in [0, 0.1) is 17.6 Å². The average molecular weight is 635 g/mol. The lowest BCUT2D eigenvalue weighted by atomic mass is 9.92. The van der Waals surface area contributed by atoms with E-state index in [1.807, 2.05) is 27.7 Å². The van der Waals surface area contributed by atoms with E-state index in [1.165, 1.54) is 59.9 Å². The molecule has 1 atom stereocenters. The van der Waals surface area contributed by atoms with Crippen LogP contribution >= 0.6 is 0 Å². The quantitative estimate of drug-likeness (QED) is 0.155. The first-order chi connectivity index (χ1) is 22.2. The number of ether oxygens (including phenoxy) is 1. The van der Waals surface area contributed by atoms with Crippen LogP contribution in [0.5, 0.6) is 11.5 Å². The van der Waals surface area contributed by atoms with E-state index in [-0.39, 0.29) is 34.4 Å². The number of benzene rings is 2. The van der Waals surface area contributed by atoms with E-state index in [0.29, 0.717) is 30.0 Å². The van der Waals surface area contributed by atoms with Crippen LogP contribution in [0.25, 0.3) is 5.69 Å². The number of hydrogen-bond donors (Lipinski definition) is 2. The summed E-state index contributed by atoms with van der Waals surface area (Å²) < 4.78 is 48.8. The molecule has 12 heteroatoms. The van der Waals surface area contributed by atoms with Crippen molar-refractivity contribution in [2.45, 2.75) is 40.5 Å². The second-order valence-corrected chi connectivity index (χ2v) is 9.51. The number of anilines is 2. The lowest BCUT2D eigenvalue weighted by Crippen LogP contribution is -2.29. The van der Waals surface area contributed by atoms with Gasteiger partial charge in [-0.1, -0.05) is 33.8 Å². The fourth-order valence-electron chi connectivity index (χ4n) is 4.44. The number of nitrogens with one attached hydrogen (secondary N) is 1. The summed E-state index contributed by atoms with van der Waals surface area (Å²) in [4.78, 5) is 30.1. The van der Waals surface area contributed by atoms with E-state index in [9.17, 15) is 18.4 Å². The van der Waals surface area contributed by atoms with Gasteiger partial charge in [0.1, 0.15) is 28.8 Å². The van der Waals surface area contributed by atoms with Gasteiger partial charge in [0.25, 0.3) is 11.5 Å². The Labute approximate surface area is 265 Å². The van der Waals surface area contributed by atoms with E-state index in [0.717, 1.165) is 22.9 Å². The van der Waals surface area contributed by atoms with Crippen molar-refractivity contribution in [3.05, 3.63) is 124 Å². The van der Waals surface area contributed by atoms with Crippen LogP contribution in [0.4, 0.5) is 24.7 Å². The fraction of sp³-hybridized carbons (Fsp3) is 0.235. The number of nitrogens with zero attached hydrogens (tertiary/aromatic N) is 4. The Morgan fingerprint density at radius 3 is 2.37 bits per heavy atom. The largest absolute Gasteiger partial charge is 0.454 e. The Balaban J connectivity index is 0.00000139. The summed E-state index contributed by atoms with van der Waals surface area (Å²) in [6.07, 6.45) is 8.26. The van der Waals surface area contributed by atoms with Gasteiger partial charge in [0.2, 0.25) is 0 Å². The predicted molar refractivity (Wildman–Crippen MR) is 174 cm³/mol. The number of hydrogen-bond acceptors (Lipinski definition) is 7. The Bertz CT molecular complexity index is 1750. The van der Waals surface area contributed by atoms with Crippen LogP contribution < -0.4 is 26.5 Å². The average Bonchev–Trinajstić information content (AvgIpc) is 3.06. The number of aromatic nitrogens is 3. The molecule has 1 aliphatic rings. The molecule has 242 valence electrons. The summed E-state index contributed by atoms with van der Waals surface area (Å²) in [5, 5.41) is 7.77. The van der Waals surface area contributed by atoms with Crippen LogP contribution in [0.3, 0.4) is 0 Å². The van der Waals surface area contributed by atoms with Crippen molar-refractivity contribution in [1.29, 1.82) is 0 Å². The van der Waals surface area contributed by atoms with Gasteiger partial charge < -0.3 is 10.1 Å². The summed E-state index contributed by atoms with van der Waals surface area (Å²) in [6, 6.07) is 11.7. The van der Waals surface area contributed by atoms with Gasteiger partial charge >= 0.3 is 0 Å². The summed E-state index contributed by atoms with van der Waals surface area (Å²) in [6.45, 7) is 8.00. The maximum atomic E-state index is 15.2. The molecule has 46 heavy (non-hydrogen) atoms. The van der Waals surface area contributed by atoms with Crippen molar-refractivity contribution in [1.82, 2.24) is 14.8 Å². The number of halogens is 3. The number of nitrogens with two attached hydrogens (primary N) is 1. The minimum absolute atomic E-state index is 0.0435. The molecule has 1 amide bonds. The van der Waals surface area contributed by atoms with Crippen LogP contribution in [-0.4, -0.2) is 27.7 Å². The SMILES string of the molecule is CC.CC.CN(N)c1nccc(Oc2ccc(NC(=O)c3ccnn(-c4ccc(F)cc4)c3=O)cc2F)c1CC1C=CC(F)=CC1. The standard InChI is InChI=1S/C30H25F3N6O3.2C2H6/c1-38(34)28-24(16-18-2-4-19(31)5-3-18)26(13-14-35-28)42-27-11-8-21(17-25(27)33)37-29(40)23-12-15-36-39(30(23)41)22-9-6-20(32)7-10-22;2*1-2/h2,4-15,17-18H,3,16,34H2,1H3,(H,37,40);2*1-2H3. The topological polar surface area (TPSA) is 115 Å². The fourth-order valence-corrected chi connectivity index (χ4v) is 4.44. The van der Waals surface area contributed by atoms with Crippen LogP contribution in [0.1, 0.15) is 50.0 Å². The number of amides is 1. The molecule has 0 fully saturated rings. The summed E-state index contributed by atoms with van der Waals surface area (Å²) >= 11 is 0. The van der Waals surface area contributed by atoms with Gasteiger partial charge in [-0.15, -0.1) is 0 Å². The highest BCUT2D eigenvalue weighted by Crippen LogP contribution is 2.35. The molecule has 1 unspecified atom stereocenters. The molecule has 0 saturated carbocycles. The number of carbonyl (C=O) groups is 1. The van der Waals surface area contributed by atoms with Crippen molar-refractivity contribution in [3.8, 4) is 17.2 Å². The first-order valence-electron chi connectivity index (χ1n) is 14.8. The highest BCUT2D eigenvalue weighted by Gasteiger charge is 2.21. The third kappa shape index (κ3) is 8.69. The highest BCUT2D eigenvalue weighted by molar-refractivity contribution is 6.04. The second-order valence-electron chi connectivity index (χ2n) is 9.51. The lowest BCUT2D eigenvalue weighted by Gasteiger charge is -2.22. The van der Waals surface area contributed by atoms with E-state index in [1.54, 1.807) is 19.2 Å². The van der Waals surface area contributed by atoms with Crippen LogP contribution in [0.15, 0.2) is 95.8 Å². The smallest absolute Gasteiger partial charge is 0.284 e. The monoisotopic (exact) mass is 634 g/mol. The maximum absolute atomic E-state index is 15.2. The number of allylic oxidation sites excluding steroid dienone is 4. The lowest BCUT2D eigenvalue weighted by molar-refractivity contribution is 0.102. The van der Waals surface area contributed by atoms with Crippen molar-refractivity contribution in [3.63, 3.8) is 0 Å². The second kappa shape index (κ2) is 16.7. The molecule has 5 rings (SSSR count). The molecule has 2 aromatic carbocycles. The molecule has 9 nitrogen and oxygen atoms in total. The van der Waals surface area contributed by atoms with Gasteiger partial charge in [-0.3, -0.25) is 14.6 Å². The van der Waals surface area contributed by atoms with Gasteiger partial charge in [-0.25, -0.2) is 24.0 Å². The Morgan fingerprint density at radius 2 is 1.74 bits per heavy atom. The first kappa shape index (κ1) is 35.3. The molecule has 0 radical (unpaired) electrons. The zero-order valence-corrected chi connectivity index (χ0v) is 26.3. The van der Waals surface area contributed by atoms with E-state index < -0.39 is 23.1 Å². The Hall–Kier alpha value is -5.23. The molecule has 0 spiro atoms. The molecule has 2 heterocycles. The summed E-state index contributed by atoms with van der Waals surface area (Å²) in [7, 11) is 1.61. The van der Waals surface area contributed by atoms with E-state index in [2.05, 4.69) is 15.4 Å². The van der Waals surface area contributed by atoms with Crippen molar-refractivity contribution in [2.75, 3.05) is 17.4 Å². The third-order valence-corrected chi connectivity index (χ3v) is 6.51. The first-order valence-corrected chi connectivity index (χ1v) is 14.8. The molecule has 0 aliphatic heterocycles. The normalized spacial score (nSPS) is 13.3. The molecule has 2 aromatic heterocycles. The molecule has 0 saturated heterocycles. The zero-order chi connectivity index (χ0) is 33.8. The third-order valence-electron chi connectivity index (χ3n) is 6.51. The number of rotatable bonds is 8. The van der Waals surface area contributed by atoms with Crippen molar-refractivity contribution < 1.29 is 22.7 Å². The minimum Gasteiger partial charge on any atom is -0.454 e. The van der Waals surface area contributed by atoms with Gasteiger partial charge in [0.05, 0.1) is 5.69 Å². The highest BCUT2D eigenvalue weighted by atomic mass is 19.1. The maximum Gasteiger partial charge on any atom is 0.284 e. The van der Waals surface area contributed by atoms with Crippen LogP contribution in [-0.2, 0) is 6.42 Å². The van der Waals surface area contributed by atoms with E-state index >= 15 is 4.39 Å². The molecular weight excluding hydrogens is 597 g/mol. The predicted octanol–water partition coefficient (Wildman–Crippen LogP) is 7.28. The Morgan fingerprint density at radius 1 is 1.02 bits per heavy atom. The van der Waals surface area contributed by atoms with Crippen molar-refractivity contribution in [2.24, 2.45) is 11.8 Å². The molecule has 4 aromatic rings. The summed E-state index contributed by atoms with van der Waals surface area (Å²) in [5.74, 6) is 4.18. The number of carbonyl (C=O) groups excluding carboxylic acids is 1.